The predicted molar refractivity (Wildman–Crippen MR) is 70.9 cm³/mol. The van der Waals surface area contributed by atoms with E-state index >= 15 is 0 Å². The molecular weight excluding hydrogens is 295 g/mol. The van der Waals surface area contributed by atoms with E-state index in [4.69, 9.17) is 5.73 Å². The topological polar surface area (TPSA) is 55.5 Å². The van der Waals surface area contributed by atoms with Crippen LogP contribution in [-0.2, 0) is 0 Å². The molecule has 0 amide bonds. The molecule has 0 spiro atoms. The molecule has 20 heavy (non-hydrogen) atoms. The van der Waals surface area contributed by atoms with E-state index in [1.807, 2.05) is 0 Å². The molecule has 1 atom stereocenters. The Morgan fingerprint density at radius 3 is 2.40 bits per heavy atom. The lowest BCUT2D eigenvalue weighted by Gasteiger charge is -2.21. The fourth-order valence-corrected chi connectivity index (χ4v) is 2.57. The average molecular weight is 312 g/mol. The van der Waals surface area contributed by atoms with Gasteiger partial charge in [-0.1, -0.05) is 12.8 Å². The van der Waals surface area contributed by atoms with Crippen molar-refractivity contribution in [3.8, 4) is 11.5 Å². The van der Waals surface area contributed by atoms with E-state index in [2.05, 4.69) is 4.74 Å². The molecule has 1 fully saturated rings. The third-order valence-electron chi connectivity index (χ3n) is 3.50. The fraction of sp³-hybridized carbons (Fsp3) is 0.538. The highest BCUT2D eigenvalue weighted by Gasteiger charge is 2.32. The lowest BCUT2D eigenvalue weighted by molar-refractivity contribution is -0.274. The molecule has 1 aliphatic rings. The van der Waals surface area contributed by atoms with E-state index in [1.165, 1.54) is 12.1 Å². The minimum atomic E-state index is -4.74. The Hall–Kier alpha value is -1.14. The second-order valence-corrected chi connectivity index (χ2v) is 4.84. The maximum absolute atomic E-state index is 12.2. The number of ether oxygens (including phenoxy) is 1. The Morgan fingerprint density at radius 2 is 1.85 bits per heavy atom. The van der Waals surface area contributed by atoms with Crippen molar-refractivity contribution in [1.29, 1.82) is 0 Å². The monoisotopic (exact) mass is 311 g/mol. The van der Waals surface area contributed by atoms with E-state index in [1.54, 1.807) is 0 Å². The van der Waals surface area contributed by atoms with Crippen molar-refractivity contribution in [2.75, 3.05) is 0 Å². The van der Waals surface area contributed by atoms with Gasteiger partial charge < -0.3 is 15.6 Å². The average Bonchev–Trinajstić information content (AvgIpc) is 2.82. The molecule has 0 heterocycles. The molecule has 3 N–H and O–H groups in total. The van der Waals surface area contributed by atoms with Crippen molar-refractivity contribution in [2.24, 2.45) is 11.7 Å². The smallest absolute Gasteiger partial charge is 0.508 e. The minimum Gasteiger partial charge on any atom is -0.508 e. The summed E-state index contributed by atoms with van der Waals surface area (Å²) >= 11 is 0. The van der Waals surface area contributed by atoms with Gasteiger partial charge in [0.05, 0.1) is 0 Å². The maximum atomic E-state index is 12.2. The lowest BCUT2D eigenvalue weighted by Crippen LogP contribution is -2.20. The number of halogens is 4. The normalized spacial score (nSPS) is 17.6. The van der Waals surface area contributed by atoms with Gasteiger partial charge in [-0.25, -0.2) is 0 Å². The van der Waals surface area contributed by atoms with Crippen molar-refractivity contribution in [2.45, 2.75) is 38.1 Å². The molecule has 7 heteroatoms. The second kappa shape index (κ2) is 6.54. The van der Waals surface area contributed by atoms with E-state index in [9.17, 15) is 18.3 Å². The summed E-state index contributed by atoms with van der Waals surface area (Å²) in [5.74, 6) is -0.241. The predicted octanol–water partition coefficient (Wildman–Crippen LogP) is 3.90. The summed E-state index contributed by atoms with van der Waals surface area (Å²) in [6.45, 7) is 0. The first-order valence-electron chi connectivity index (χ1n) is 6.21. The van der Waals surface area contributed by atoms with Gasteiger partial charge in [0, 0.05) is 11.6 Å². The van der Waals surface area contributed by atoms with E-state index in [0.717, 1.165) is 31.7 Å². The first kappa shape index (κ1) is 16.9. The van der Waals surface area contributed by atoms with E-state index < -0.39 is 12.4 Å². The highest BCUT2D eigenvalue weighted by molar-refractivity contribution is 5.85. The number of phenolic OH excluding ortho intramolecular Hbond substituents is 1. The van der Waals surface area contributed by atoms with Crippen LogP contribution in [0.2, 0.25) is 0 Å². The zero-order valence-electron chi connectivity index (χ0n) is 10.7. The summed E-state index contributed by atoms with van der Waals surface area (Å²) < 4.78 is 40.3. The Morgan fingerprint density at radius 1 is 1.25 bits per heavy atom. The number of aromatic hydroxyl groups is 1. The van der Waals surface area contributed by atoms with Gasteiger partial charge in [-0.05, 0) is 37.0 Å². The van der Waals surface area contributed by atoms with Gasteiger partial charge in [0.25, 0.3) is 0 Å². The van der Waals surface area contributed by atoms with Gasteiger partial charge in [-0.15, -0.1) is 25.6 Å². The largest absolute Gasteiger partial charge is 0.573 e. The minimum absolute atomic E-state index is 0. The number of benzene rings is 1. The Bertz CT molecular complexity index is 448. The van der Waals surface area contributed by atoms with Crippen LogP contribution in [0.5, 0.6) is 11.5 Å². The fourth-order valence-electron chi connectivity index (χ4n) is 2.57. The molecule has 2 rings (SSSR count). The number of hydrogen-bond acceptors (Lipinski definition) is 3. The number of nitrogens with two attached hydrogens (primary N) is 1. The van der Waals surface area contributed by atoms with Crippen LogP contribution in [-0.4, -0.2) is 11.5 Å². The van der Waals surface area contributed by atoms with Crippen LogP contribution < -0.4 is 10.5 Å². The van der Waals surface area contributed by atoms with Gasteiger partial charge in [0.2, 0.25) is 0 Å². The molecule has 3 nitrogen and oxygen atoms in total. The number of rotatable bonds is 3. The van der Waals surface area contributed by atoms with Gasteiger partial charge in [0.1, 0.15) is 11.5 Å². The van der Waals surface area contributed by atoms with Crippen molar-refractivity contribution in [3.05, 3.63) is 23.8 Å². The Labute approximate surface area is 121 Å². The van der Waals surface area contributed by atoms with Crippen LogP contribution in [0.3, 0.4) is 0 Å². The third-order valence-corrected chi connectivity index (χ3v) is 3.50. The highest BCUT2D eigenvalue weighted by atomic mass is 35.5. The lowest BCUT2D eigenvalue weighted by atomic mass is 9.92. The number of phenols is 1. The summed E-state index contributed by atoms with van der Waals surface area (Å²) in [5, 5.41) is 9.75. The molecule has 0 saturated heterocycles. The van der Waals surface area contributed by atoms with E-state index in [-0.39, 0.29) is 29.8 Å². The summed E-state index contributed by atoms with van der Waals surface area (Å²) in [6.07, 6.45) is -0.739. The summed E-state index contributed by atoms with van der Waals surface area (Å²) in [5.41, 5.74) is 6.35. The summed E-state index contributed by atoms with van der Waals surface area (Å²) in [7, 11) is 0. The SMILES string of the molecule is Cl.N[C@@H](c1cc(OC(F)(F)F)ccc1O)C1CCCC1. The molecule has 1 aromatic carbocycles. The highest BCUT2D eigenvalue weighted by Crippen LogP contribution is 2.39. The zero-order valence-corrected chi connectivity index (χ0v) is 11.5. The van der Waals surface area contributed by atoms with Crippen LogP contribution in [0.4, 0.5) is 13.2 Å². The van der Waals surface area contributed by atoms with Crippen molar-refractivity contribution < 1.29 is 23.0 Å². The number of alkyl halides is 3. The molecule has 1 saturated carbocycles. The molecular formula is C13H17ClF3NO2. The van der Waals surface area contributed by atoms with Crippen LogP contribution in [0.1, 0.15) is 37.3 Å². The molecule has 1 aliphatic carbocycles. The molecule has 0 aromatic heterocycles. The number of hydrogen-bond donors (Lipinski definition) is 2. The quantitative estimate of drug-likeness (QED) is 0.890. The third kappa shape index (κ3) is 4.18. The summed E-state index contributed by atoms with van der Waals surface area (Å²) in [4.78, 5) is 0. The van der Waals surface area contributed by atoms with Crippen molar-refractivity contribution in [3.63, 3.8) is 0 Å². The molecule has 0 unspecified atom stereocenters. The van der Waals surface area contributed by atoms with Gasteiger partial charge in [-0.3, -0.25) is 0 Å². The van der Waals surface area contributed by atoms with Gasteiger partial charge in [-0.2, -0.15) is 0 Å². The first-order valence-corrected chi connectivity index (χ1v) is 6.21. The Balaban J connectivity index is 0.00000200. The molecule has 1 aromatic rings. The van der Waals surface area contributed by atoms with Crippen molar-refractivity contribution in [1.82, 2.24) is 0 Å². The van der Waals surface area contributed by atoms with Crippen LogP contribution in [0.25, 0.3) is 0 Å². The maximum Gasteiger partial charge on any atom is 0.573 e. The molecule has 0 radical (unpaired) electrons. The van der Waals surface area contributed by atoms with Crippen LogP contribution in [0, 0.1) is 5.92 Å². The first-order chi connectivity index (χ1) is 8.87. The van der Waals surface area contributed by atoms with Gasteiger partial charge in [0.15, 0.2) is 0 Å². The molecule has 114 valence electrons. The molecule has 0 aliphatic heterocycles. The Kier molecular flexibility index (Phi) is 5.53. The second-order valence-electron chi connectivity index (χ2n) is 4.84. The zero-order chi connectivity index (χ0) is 14.0. The van der Waals surface area contributed by atoms with Crippen LogP contribution >= 0.6 is 12.4 Å². The van der Waals surface area contributed by atoms with Crippen molar-refractivity contribution >= 4 is 12.4 Å². The standard InChI is InChI=1S/C13H16F3NO2.ClH/c14-13(15,16)19-9-5-6-11(18)10(7-9)12(17)8-3-1-2-4-8;/h5-8,12,18H,1-4,17H2;1H/t12-;/m1./s1. The summed E-state index contributed by atoms with van der Waals surface area (Å²) in [6, 6.07) is 2.98. The molecule has 0 bridgehead atoms. The van der Waals surface area contributed by atoms with Gasteiger partial charge >= 0.3 is 6.36 Å². The van der Waals surface area contributed by atoms with E-state index in [0.29, 0.717) is 5.56 Å². The van der Waals surface area contributed by atoms with Crippen LogP contribution in [0.15, 0.2) is 18.2 Å².